The van der Waals surface area contributed by atoms with E-state index in [1.54, 1.807) is 0 Å². The van der Waals surface area contributed by atoms with Crippen LogP contribution in [0.4, 0.5) is 0 Å². The van der Waals surface area contributed by atoms with E-state index in [1.165, 1.54) is 7.05 Å². The van der Waals surface area contributed by atoms with E-state index < -0.39 is 0 Å². The summed E-state index contributed by atoms with van der Waals surface area (Å²) < 4.78 is 0. The summed E-state index contributed by atoms with van der Waals surface area (Å²) in [6, 6.07) is 0. The van der Waals surface area contributed by atoms with E-state index in [2.05, 4.69) is 13.8 Å². The first kappa shape index (κ1) is 22.6. The minimum absolute atomic E-state index is 0. The van der Waals surface area contributed by atoms with Crippen LogP contribution in [0.3, 0.4) is 0 Å². The van der Waals surface area contributed by atoms with Crippen LogP contribution in [0.25, 0.3) is 5.73 Å². The van der Waals surface area contributed by atoms with Crippen molar-refractivity contribution in [2.24, 2.45) is 0 Å². The van der Waals surface area contributed by atoms with Gasteiger partial charge >= 0.3 is 0 Å². The first-order valence-corrected chi connectivity index (χ1v) is 2.00. The zero-order valence-corrected chi connectivity index (χ0v) is 9.59. The molecular weight excluding hydrogens is 214 g/mol. The minimum Gasteiger partial charge on any atom is -0.680 e. The summed E-state index contributed by atoms with van der Waals surface area (Å²) in [4.78, 5) is 0. The summed E-state index contributed by atoms with van der Waals surface area (Å²) in [7, 11) is 1.25. The predicted octanol–water partition coefficient (Wildman–Crippen LogP) is 2.10. The maximum atomic E-state index is 5.75. The second-order valence-electron chi connectivity index (χ2n) is 0.707. The molecule has 2 radical (unpaired) electrons. The molecule has 0 saturated carbocycles. The van der Waals surface area contributed by atoms with Crippen LogP contribution in [0.2, 0.25) is 0 Å². The van der Waals surface area contributed by atoms with E-state index in [9.17, 15) is 0 Å². The fourth-order valence-electron chi connectivity index (χ4n) is 0. The van der Waals surface area contributed by atoms with Crippen LogP contribution in [0.15, 0.2) is 0 Å². The average Bonchev–Trinajstić information content (AvgIpc) is 1.72. The molecule has 0 aliphatic carbocycles. The Kier molecular flexibility index (Phi) is 107. The van der Waals surface area contributed by atoms with Gasteiger partial charge in [-0.05, 0) is 0 Å². The van der Waals surface area contributed by atoms with Gasteiger partial charge in [0.15, 0.2) is 0 Å². The molecule has 0 saturated heterocycles. The largest absolute Gasteiger partial charge is 0.680 e. The van der Waals surface area contributed by atoms with Gasteiger partial charge in [0.05, 0.1) is 0 Å². The molecule has 0 heterocycles. The Morgan fingerprint density at radius 2 is 1.25 bits per heavy atom. The molecule has 0 fully saturated rings. The van der Waals surface area contributed by atoms with Crippen LogP contribution in [-0.4, -0.2) is 7.05 Å². The van der Waals surface area contributed by atoms with Gasteiger partial charge in [-0.3, -0.25) is 0 Å². The number of unbranched alkanes of at least 4 members (excludes halogenated alkanes) is 1. The molecule has 0 rings (SSSR count). The van der Waals surface area contributed by atoms with Gasteiger partial charge in [0.2, 0.25) is 0 Å². The summed E-state index contributed by atoms with van der Waals surface area (Å²) in [6.45, 7) is 7.08. The zero-order valence-electron chi connectivity index (χ0n) is 5.35. The van der Waals surface area contributed by atoms with Crippen molar-refractivity contribution in [2.45, 2.75) is 12.8 Å². The van der Waals surface area contributed by atoms with E-state index >= 15 is 0 Å². The fraction of sp³-hybridized carbons (Fsp3) is 0.600. The molecule has 8 heavy (non-hydrogen) atoms. The Hall–Kier alpha value is 1.65. The van der Waals surface area contributed by atoms with Crippen LogP contribution < -0.4 is 0 Å². The Labute approximate surface area is 89.9 Å². The second-order valence-corrected chi connectivity index (χ2v) is 0.707. The summed E-state index contributed by atoms with van der Waals surface area (Å²) in [5.74, 6) is 0. The molecule has 0 aliphatic rings. The third-order valence-corrected chi connectivity index (χ3v) is 0.250. The molecule has 1 N–H and O–H groups in total. The van der Waals surface area contributed by atoms with Crippen molar-refractivity contribution >= 4 is 0 Å². The van der Waals surface area contributed by atoms with Crippen molar-refractivity contribution in [1.29, 1.82) is 0 Å². The molecule has 0 aromatic rings. The Bertz CT molecular complexity index is 14.4. The Morgan fingerprint density at radius 3 is 1.25 bits per heavy atom. The van der Waals surface area contributed by atoms with Gasteiger partial charge in [-0.1, -0.05) is 0 Å². The first-order valence-electron chi connectivity index (χ1n) is 2.00. The van der Waals surface area contributed by atoms with Crippen molar-refractivity contribution in [2.75, 3.05) is 7.05 Å². The number of hydrogen-bond donors (Lipinski definition) is 0. The van der Waals surface area contributed by atoms with Gasteiger partial charge in [0, 0.05) is 51.3 Å². The Balaban J connectivity index is -0.0000000183. The summed E-state index contributed by atoms with van der Waals surface area (Å²) >= 11 is 0. The molecule has 0 bridgehead atoms. The number of rotatable bonds is 1. The number of hydrogen-bond acceptors (Lipinski definition) is 0. The third-order valence-electron chi connectivity index (χ3n) is 0.250. The standard InChI is InChI=1S/C4H8.CH4N.V.Y/c1-3-4-2;1-2;;/h1-4H2;2H,1H3;;/q-2;-1;;. The van der Waals surface area contributed by atoms with Gasteiger partial charge in [-0.2, -0.15) is 7.05 Å². The molecule has 0 atom stereocenters. The monoisotopic (exact) mass is 226 g/mol. The van der Waals surface area contributed by atoms with Gasteiger partial charge in [-0.15, -0.1) is 0 Å². The normalized spacial score (nSPS) is 4.50. The predicted molar refractivity (Wildman–Crippen MR) is 30.2 cm³/mol. The summed E-state index contributed by atoms with van der Waals surface area (Å²) in [6.07, 6.45) is 1.92. The summed E-state index contributed by atoms with van der Waals surface area (Å²) in [5, 5.41) is 0. The zero-order chi connectivity index (χ0) is 5.41. The van der Waals surface area contributed by atoms with E-state index in [1.807, 2.05) is 0 Å². The van der Waals surface area contributed by atoms with E-state index in [-0.39, 0.29) is 51.3 Å². The number of nitrogens with one attached hydrogen (secondary N) is 1. The van der Waals surface area contributed by atoms with Crippen molar-refractivity contribution in [3.63, 3.8) is 0 Å². The molecule has 0 aromatic heterocycles. The first-order chi connectivity index (χ1) is 2.91. The van der Waals surface area contributed by atoms with Crippen LogP contribution in [-0.2, 0) is 51.3 Å². The smallest absolute Gasteiger partial charge is 0 e. The van der Waals surface area contributed by atoms with Crippen LogP contribution in [0, 0.1) is 13.8 Å². The molecule has 0 aromatic carbocycles. The van der Waals surface area contributed by atoms with Crippen molar-refractivity contribution < 1.29 is 51.3 Å². The van der Waals surface area contributed by atoms with Gasteiger partial charge in [0.1, 0.15) is 0 Å². The average molecular weight is 226 g/mol. The fourth-order valence-corrected chi connectivity index (χ4v) is 0. The van der Waals surface area contributed by atoms with Gasteiger partial charge < -0.3 is 19.6 Å². The third kappa shape index (κ3) is 48.2. The molecule has 48 valence electrons. The molecular formula is C5H12NVY-3. The SMILES string of the molecule is C[NH-].[CH2-]CC[CH2-].[V].[Y]. The molecule has 0 unspecified atom stereocenters. The minimum atomic E-state index is 0. The molecule has 0 amide bonds. The van der Waals surface area contributed by atoms with Crippen LogP contribution in [0.5, 0.6) is 0 Å². The topological polar surface area (TPSA) is 23.8 Å². The van der Waals surface area contributed by atoms with E-state index in [4.69, 9.17) is 5.73 Å². The molecule has 1 nitrogen and oxygen atoms in total. The maximum absolute atomic E-state index is 5.75. The van der Waals surface area contributed by atoms with Crippen LogP contribution >= 0.6 is 0 Å². The van der Waals surface area contributed by atoms with Gasteiger partial charge in [0.25, 0.3) is 0 Å². The molecule has 0 spiro atoms. The van der Waals surface area contributed by atoms with E-state index in [0.29, 0.717) is 0 Å². The quantitative estimate of drug-likeness (QED) is 0.611. The van der Waals surface area contributed by atoms with Crippen molar-refractivity contribution in [3.8, 4) is 0 Å². The Morgan fingerprint density at radius 1 is 1.12 bits per heavy atom. The maximum Gasteiger partial charge on any atom is 0 e. The van der Waals surface area contributed by atoms with Gasteiger partial charge in [-0.25, -0.2) is 12.8 Å². The van der Waals surface area contributed by atoms with Crippen molar-refractivity contribution in [1.82, 2.24) is 0 Å². The van der Waals surface area contributed by atoms with Crippen LogP contribution in [0.1, 0.15) is 12.8 Å². The van der Waals surface area contributed by atoms with E-state index in [0.717, 1.165) is 12.8 Å². The summed E-state index contributed by atoms with van der Waals surface area (Å²) in [5.41, 5.74) is 5.75. The molecule has 3 heteroatoms. The molecule has 0 aliphatic heterocycles. The second kappa shape index (κ2) is 38.0. The van der Waals surface area contributed by atoms with Crippen molar-refractivity contribution in [3.05, 3.63) is 19.6 Å².